The van der Waals surface area contributed by atoms with Gasteiger partial charge in [-0.25, -0.2) is 4.98 Å². The van der Waals surface area contributed by atoms with Crippen LogP contribution in [0, 0.1) is 6.92 Å². The third-order valence-electron chi connectivity index (χ3n) is 4.42. The summed E-state index contributed by atoms with van der Waals surface area (Å²) in [6, 6.07) is 10.9. The van der Waals surface area contributed by atoms with Crippen molar-refractivity contribution in [2.24, 2.45) is 0 Å². The van der Waals surface area contributed by atoms with Gasteiger partial charge in [-0.15, -0.1) is 10.2 Å². The molecule has 146 valence electrons. The number of amides is 1. The molecule has 0 spiro atoms. The van der Waals surface area contributed by atoms with Crippen molar-refractivity contribution in [3.8, 4) is 22.9 Å². The Morgan fingerprint density at radius 3 is 2.93 bits per heavy atom. The van der Waals surface area contributed by atoms with E-state index in [9.17, 15) is 4.79 Å². The minimum Gasteiger partial charge on any atom is -0.486 e. The number of ether oxygens (including phenoxy) is 2. The fourth-order valence-corrected chi connectivity index (χ4v) is 3.15. The molecule has 0 aliphatic carbocycles. The molecule has 0 atom stereocenters. The average Bonchev–Trinajstić information content (AvgIpc) is 3.32. The van der Waals surface area contributed by atoms with Gasteiger partial charge >= 0.3 is 0 Å². The number of carbonyl (C=O) groups excluding carboxylic acids is 1. The van der Waals surface area contributed by atoms with Crippen LogP contribution in [-0.4, -0.2) is 49.3 Å². The summed E-state index contributed by atoms with van der Waals surface area (Å²) >= 11 is 0. The summed E-state index contributed by atoms with van der Waals surface area (Å²) in [5, 5.41) is 15.1. The van der Waals surface area contributed by atoms with Crippen LogP contribution in [0.4, 0.5) is 5.69 Å². The van der Waals surface area contributed by atoms with Crippen molar-refractivity contribution in [2.45, 2.75) is 13.5 Å². The number of fused-ring (bicyclic) bond motifs is 2. The maximum atomic E-state index is 12.3. The lowest BCUT2D eigenvalue weighted by atomic mass is 10.2. The van der Waals surface area contributed by atoms with Gasteiger partial charge in [0.25, 0.3) is 0 Å². The zero-order valence-corrected chi connectivity index (χ0v) is 15.5. The zero-order valence-electron chi connectivity index (χ0n) is 15.5. The molecule has 3 heterocycles. The number of aromatic nitrogens is 6. The second kappa shape index (κ2) is 6.89. The molecule has 0 unspecified atom stereocenters. The summed E-state index contributed by atoms with van der Waals surface area (Å²) in [6.45, 7) is 2.84. The second-order valence-corrected chi connectivity index (χ2v) is 6.60. The molecule has 0 saturated carbocycles. The number of nitrogens with one attached hydrogen (secondary N) is 2. The average molecular weight is 391 g/mol. The van der Waals surface area contributed by atoms with Gasteiger partial charge in [0.1, 0.15) is 25.6 Å². The second-order valence-electron chi connectivity index (χ2n) is 6.60. The molecule has 2 N–H and O–H groups in total. The number of nitrogens with zero attached hydrogens (tertiary/aromatic N) is 5. The van der Waals surface area contributed by atoms with Gasteiger partial charge in [0.05, 0.1) is 11.0 Å². The fourth-order valence-electron chi connectivity index (χ4n) is 3.15. The molecule has 29 heavy (non-hydrogen) atoms. The first-order valence-electron chi connectivity index (χ1n) is 9.08. The normalized spacial score (nSPS) is 12.9. The highest BCUT2D eigenvalue weighted by atomic mass is 16.6. The predicted octanol–water partition coefficient (Wildman–Crippen LogP) is 1.93. The summed E-state index contributed by atoms with van der Waals surface area (Å²) < 4.78 is 11.0. The summed E-state index contributed by atoms with van der Waals surface area (Å²) in [4.78, 5) is 21.2. The Hall–Kier alpha value is -3.95. The molecule has 10 heteroatoms. The van der Waals surface area contributed by atoms with Crippen LogP contribution in [0.25, 0.3) is 22.4 Å². The monoisotopic (exact) mass is 391 g/mol. The third kappa shape index (κ3) is 3.47. The number of aromatic amines is 1. The Balaban J connectivity index is 1.28. The molecule has 0 bridgehead atoms. The van der Waals surface area contributed by atoms with E-state index in [2.05, 4.69) is 30.7 Å². The highest BCUT2D eigenvalue weighted by molar-refractivity contribution is 5.90. The van der Waals surface area contributed by atoms with Crippen LogP contribution >= 0.6 is 0 Å². The summed E-state index contributed by atoms with van der Waals surface area (Å²) in [6.07, 6.45) is 0. The van der Waals surface area contributed by atoms with Gasteiger partial charge < -0.3 is 19.8 Å². The van der Waals surface area contributed by atoms with E-state index >= 15 is 0 Å². The topological polar surface area (TPSA) is 120 Å². The summed E-state index contributed by atoms with van der Waals surface area (Å²) in [5.41, 5.74) is 3.17. The minimum absolute atomic E-state index is 0.0626. The van der Waals surface area contributed by atoms with Gasteiger partial charge in [-0.05, 0) is 42.5 Å². The smallest absolute Gasteiger partial charge is 0.248 e. The number of benzene rings is 2. The van der Waals surface area contributed by atoms with Crippen LogP contribution in [0.5, 0.6) is 11.5 Å². The molecule has 4 aromatic rings. The lowest BCUT2D eigenvalue weighted by Crippen LogP contribution is -2.21. The molecule has 1 amide bonds. The number of carbonyl (C=O) groups is 1. The van der Waals surface area contributed by atoms with Gasteiger partial charge in [-0.1, -0.05) is 0 Å². The van der Waals surface area contributed by atoms with Crippen LogP contribution in [-0.2, 0) is 11.3 Å². The van der Waals surface area contributed by atoms with Gasteiger partial charge in [-0.3, -0.25) is 4.79 Å². The van der Waals surface area contributed by atoms with Crippen LogP contribution < -0.4 is 14.8 Å². The number of imidazole rings is 1. The van der Waals surface area contributed by atoms with Crippen molar-refractivity contribution in [1.82, 2.24) is 30.2 Å². The molecular formula is C19H17N7O3. The largest absolute Gasteiger partial charge is 0.486 e. The lowest BCUT2D eigenvalue weighted by Gasteiger charge is -2.18. The fraction of sp³-hybridized carbons (Fsp3) is 0.211. The van der Waals surface area contributed by atoms with Crippen molar-refractivity contribution < 1.29 is 14.3 Å². The quantitative estimate of drug-likeness (QED) is 0.545. The number of H-pyrrole nitrogens is 1. The molecule has 0 radical (unpaired) electrons. The van der Waals surface area contributed by atoms with E-state index in [1.165, 1.54) is 4.80 Å². The number of aryl methyl sites for hydroxylation is 1. The number of hydrogen-bond acceptors (Lipinski definition) is 7. The van der Waals surface area contributed by atoms with E-state index in [4.69, 9.17) is 9.47 Å². The molecule has 2 aromatic carbocycles. The zero-order chi connectivity index (χ0) is 19.8. The molecule has 1 aliphatic rings. The Morgan fingerprint density at radius 1 is 1.17 bits per heavy atom. The molecular weight excluding hydrogens is 374 g/mol. The molecule has 1 aliphatic heterocycles. The standard InChI is InChI=1S/C19H17N7O3/c1-11-20-14-4-2-12(8-15(14)21-11)19-23-25-26(24-19)10-18(27)22-13-3-5-16-17(9-13)29-7-6-28-16/h2-5,8-9H,6-7,10H2,1H3,(H,20,21)(H,22,27). The SMILES string of the molecule is Cc1nc2ccc(-c3nnn(CC(=O)Nc4ccc5c(c4)OCCO5)n3)cc2[nH]1. The van der Waals surface area contributed by atoms with Crippen molar-refractivity contribution >= 4 is 22.6 Å². The first kappa shape index (κ1) is 17.2. The van der Waals surface area contributed by atoms with Gasteiger partial charge in [0.15, 0.2) is 11.5 Å². The van der Waals surface area contributed by atoms with Crippen molar-refractivity contribution in [3.63, 3.8) is 0 Å². The van der Waals surface area contributed by atoms with Gasteiger partial charge in [0.2, 0.25) is 11.7 Å². The Bertz CT molecular complexity index is 1210. The molecule has 10 nitrogen and oxygen atoms in total. The van der Waals surface area contributed by atoms with E-state index < -0.39 is 0 Å². The maximum Gasteiger partial charge on any atom is 0.248 e. The Morgan fingerprint density at radius 2 is 2.03 bits per heavy atom. The minimum atomic E-state index is -0.273. The van der Waals surface area contributed by atoms with Crippen molar-refractivity contribution in [1.29, 1.82) is 0 Å². The number of anilines is 1. The predicted molar refractivity (Wildman–Crippen MR) is 104 cm³/mol. The van der Waals surface area contributed by atoms with E-state index in [0.29, 0.717) is 36.2 Å². The number of tetrazole rings is 1. The number of rotatable bonds is 4. The molecule has 0 fully saturated rings. The Kier molecular flexibility index (Phi) is 4.08. The van der Waals surface area contributed by atoms with Gasteiger partial charge in [0, 0.05) is 17.3 Å². The van der Waals surface area contributed by atoms with E-state index in [-0.39, 0.29) is 12.5 Å². The highest BCUT2D eigenvalue weighted by Crippen LogP contribution is 2.32. The maximum absolute atomic E-state index is 12.3. The first-order valence-corrected chi connectivity index (χ1v) is 9.08. The van der Waals surface area contributed by atoms with Crippen LogP contribution in [0.2, 0.25) is 0 Å². The third-order valence-corrected chi connectivity index (χ3v) is 4.42. The summed E-state index contributed by atoms with van der Waals surface area (Å²) in [5.74, 6) is 2.28. The van der Waals surface area contributed by atoms with E-state index in [1.54, 1.807) is 18.2 Å². The van der Waals surface area contributed by atoms with E-state index in [1.807, 2.05) is 25.1 Å². The van der Waals surface area contributed by atoms with Crippen LogP contribution in [0.15, 0.2) is 36.4 Å². The lowest BCUT2D eigenvalue weighted by molar-refractivity contribution is -0.117. The van der Waals surface area contributed by atoms with Crippen LogP contribution in [0.1, 0.15) is 5.82 Å². The van der Waals surface area contributed by atoms with Crippen molar-refractivity contribution in [2.75, 3.05) is 18.5 Å². The Labute approximate surface area is 164 Å². The molecule has 0 saturated heterocycles. The van der Waals surface area contributed by atoms with Gasteiger partial charge in [-0.2, -0.15) is 4.80 Å². The molecule has 2 aromatic heterocycles. The summed E-state index contributed by atoms with van der Waals surface area (Å²) in [7, 11) is 0. The van der Waals surface area contributed by atoms with Crippen LogP contribution in [0.3, 0.4) is 0 Å². The van der Waals surface area contributed by atoms with Crippen molar-refractivity contribution in [3.05, 3.63) is 42.2 Å². The molecule has 5 rings (SSSR count). The van der Waals surface area contributed by atoms with E-state index in [0.717, 1.165) is 22.4 Å². The first-order chi connectivity index (χ1) is 14.1. The highest BCUT2D eigenvalue weighted by Gasteiger charge is 2.14. The number of hydrogen-bond donors (Lipinski definition) is 2.